The summed E-state index contributed by atoms with van der Waals surface area (Å²) in [4.78, 5) is 10.4. The van der Waals surface area contributed by atoms with Crippen LogP contribution in [-0.2, 0) is 10.0 Å². The SMILES string of the molecule is Cc1cc([N+](=O)[O-])ccc1S(=O)(=O)N1CCCCC1CCN.Cl. The molecule has 1 heterocycles. The van der Waals surface area contributed by atoms with Gasteiger partial charge in [-0.05, 0) is 44.4 Å². The van der Waals surface area contributed by atoms with Crippen LogP contribution in [0.3, 0.4) is 0 Å². The van der Waals surface area contributed by atoms with E-state index < -0.39 is 14.9 Å². The molecular weight excluding hydrogens is 342 g/mol. The molecule has 0 bridgehead atoms. The van der Waals surface area contributed by atoms with E-state index in [4.69, 9.17) is 5.73 Å². The van der Waals surface area contributed by atoms with Crippen LogP contribution in [-0.4, -0.2) is 36.8 Å². The first-order valence-corrected chi connectivity index (χ1v) is 8.79. The fourth-order valence-corrected chi connectivity index (χ4v) is 4.87. The van der Waals surface area contributed by atoms with Crippen LogP contribution in [0.5, 0.6) is 0 Å². The maximum Gasteiger partial charge on any atom is 0.269 e. The Morgan fingerprint density at radius 1 is 1.39 bits per heavy atom. The maximum atomic E-state index is 12.9. The zero-order valence-electron chi connectivity index (χ0n) is 13.0. The van der Waals surface area contributed by atoms with Crippen LogP contribution in [0.1, 0.15) is 31.2 Å². The molecule has 2 N–H and O–H groups in total. The lowest BCUT2D eigenvalue weighted by Gasteiger charge is -2.34. The number of rotatable bonds is 5. The van der Waals surface area contributed by atoms with Crippen LogP contribution in [0.2, 0.25) is 0 Å². The number of piperidine rings is 1. The summed E-state index contributed by atoms with van der Waals surface area (Å²) < 4.78 is 27.3. The van der Waals surface area contributed by atoms with Crippen molar-refractivity contribution < 1.29 is 13.3 Å². The predicted molar refractivity (Wildman–Crippen MR) is 90.3 cm³/mol. The van der Waals surface area contributed by atoms with Gasteiger partial charge in [-0.1, -0.05) is 6.42 Å². The zero-order valence-corrected chi connectivity index (χ0v) is 14.6. The van der Waals surface area contributed by atoms with Crippen molar-refractivity contribution in [3.63, 3.8) is 0 Å². The summed E-state index contributed by atoms with van der Waals surface area (Å²) in [6, 6.07) is 3.78. The minimum absolute atomic E-state index is 0. The van der Waals surface area contributed by atoms with Crippen molar-refractivity contribution in [1.82, 2.24) is 4.31 Å². The molecule has 1 saturated heterocycles. The van der Waals surface area contributed by atoms with Gasteiger partial charge in [0.15, 0.2) is 0 Å². The molecule has 1 aliphatic heterocycles. The van der Waals surface area contributed by atoms with E-state index >= 15 is 0 Å². The number of nitro groups is 1. The maximum absolute atomic E-state index is 12.9. The third-order valence-electron chi connectivity index (χ3n) is 4.03. The molecule has 0 aliphatic carbocycles. The molecule has 9 heteroatoms. The fraction of sp³-hybridized carbons (Fsp3) is 0.571. The summed E-state index contributed by atoms with van der Waals surface area (Å²) in [7, 11) is -3.65. The fourth-order valence-electron chi connectivity index (χ4n) is 2.93. The number of benzene rings is 1. The summed E-state index contributed by atoms with van der Waals surface area (Å²) in [5, 5.41) is 10.8. The van der Waals surface area contributed by atoms with Crippen LogP contribution in [0.25, 0.3) is 0 Å². The van der Waals surface area contributed by atoms with Gasteiger partial charge in [-0.15, -0.1) is 12.4 Å². The number of hydrogen-bond donors (Lipinski definition) is 1. The Hall–Kier alpha value is -1.22. The van der Waals surface area contributed by atoms with E-state index in [-0.39, 0.29) is 29.0 Å². The Bertz CT molecular complexity index is 664. The Morgan fingerprint density at radius 2 is 2.09 bits per heavy atom. The molecule has 1 aromatic carbocycles. The van der Waals surface area contributed by atoms with Crippen molar-refractivity contribution in [1.29, 1.82) is 0 Å². The number of nitrogens with zero attached hydrogens (tertiary/aromatic N) is 2. The second-order valence-electron chi connectivity index (χ2n) is 5.55. The Morgan fingerprint density at radius 3 is 2.65 bits per heavy atom. The quantitative estimate of drug-likeness (QED) is 0.637. The largest absolute Gasteiger partial charge is 0.330 e. The highest BCUT2D eigenvalue weighted by molar-refractivity contribution is 7.89. The minimum atomic E-state index is -3.65. The zero-order chi connectivity index (χ0) is 16.3. The van der Waals surface area contributed by atoms with Crippen LogP contribution in [0.4, 0.5) is 5.69 Å². The average Bonchev–Trinajstić information content (AvgIpc) is 2.47. The lowest BCUT2D eigenvalue weighted by atomic mass is 10.0. The standard InChI is InChI=1S/C14H21N3O4S.ClH/c1-11-10-13(17(18)19)5-6-14(11)22(20,21)16-9-3-2-4-12(16)7-8-15;/h5-6,10,12H,2-4,7-9,15H2,1H3;1H. The summed E-state index contributed by atoms with van der Waals surface area (Å²) in [6.07, 6.45) is 3.26. The average molecular weight is 364 g/mol. The number of sulfonamides is 1. The van der Waals surface area contributed by atoms with Crippen LogP contribution >= 0.6 is 12.4 Å². The molecule has 0 amide bonds. The summed E-state index contributed by atoms with van der Waals surface area (Å²) in [6.45, 7) is 2.50. The molecule has 7 nitrogen and oxygen atoms in total. The number of non-ortho nitro benzene ring substituents is 1. The summed E-state index contributed by atoms with van der Waals surface area (Å²) >= 11 is 0. The molecule has 130 valence electrons. The van der Waals surface area contributed by atoms with Crippen molar-refractivity contribution >= 4 is 28.1 Å². The van der Waals surface area contributed by atoms with Crippen LogP contribution < -0.4 is 5.73 Å². The Labute approximate surface area is 142 Å². The molecule has 0 aromatic heterocycles. The normalized spacial score (nSPS) is 19.1. The number of hydrogen-bond acceptors (Lipinski definition) is 5. The first-order valence-electron chi connectivity index (χ1n) is 7.35. The van der Waals surface area contributed by atoms with Gasteiger partial charge in [0.05, 0.1) is 9.82 Å². The topological polar surface area (TPSA) is 107 Å². The van der Waals surface area contributed by atoms with Gasteiger partial charge >= 0.3 is 0 Å². The van der Waals surface area contributed by atoms with E-state index in [0.717, 1.165) is 19.3 Å². The molecule has 0 saturated carbocycles. The lowest BCUT2D eigenvalue weighted by molar-refractivity contribution is -0.385. The third-order valence-corrected chi connectivity index (χ3v) is 6.14. The highest BCUT2D eigenvalue weighted by Gasteiger charge is 2.34. The number of nitro benzene ring substituents is 1. The van der Waals surface area contributed by atoms with Crippen molar-refractivity contribution in [3.05, 3.63) is 33.9 Å². The van der Waals surface area contributed by atoms with Crippen LogP contribution in [0.15, 0.2) is 23.1 Å². The molecule has 1 aromatic rings. The Balaban J connectivity index is 0.00000264. The first kappa shape index (κ1) is 19.8. The molecule has 0 radical (unpaired) electrons. The Kier molecular flexibility index (Phi) is 6.94. The number of halogens is 1. The molecule has 0 spiro atoms. The predicted octanol–water partition coefficient (Wildman–Crippen LogP) is 2.22. The molecule has 1 fully saturated rings. The summed E-state index contributed by atoms with van der Waals surface area (Å²) in [5.74, 6) is 0. The van der Waals surface area contributed by atoms with Crippen molar-refractivity contribution in [3.8, 4) is 0 Å². The van der Waals surface area contributed by atoms with Crippen molar-refractivity contribution in [2.24, 2.45) is 5.73 Å². The molecule has 2 rings (SSSR count). The van der Waals surface area contributed by atoms with Gasteiger partial charge in [0.25, 0.3) is 5.69 Å². The van der Waals surface area contributed by atoms with Crippen molar-refractivity contribution in [2.45, 2.75) is 43.5 Å². The van der Waals surface area contributed by atoms with E-state index in [1.165, 1.54) is 22.5 Å². The number of nitrogens with two attached hydrogens (primary N) is 1. The van der Waals surface area contributed by atoms with Gasteiger partial charge in [0.2, 0.25) is 10.0 Å². The monoisotopic (exact) mass is 363 g/mol. The second kappa shape index (κ2) is 8.05. The second-order valence-corrected chi connectivity index (χ2v) is 7.41. The van der Waals surface area contributed by atoms with E-state index in [2.05, 4.69) is 0 Å². The highest BCUT2D eigenvalue weighted by Crippen LogP contribution is 2.29. The number of aryl methyl sites for hydroxylation is 1. The molecule has 1 atom stereocenters. The lowest BCUT2D eigenvalue weighted by Crippen LogP contribution is -2.44. The minimum Gasteiger partial charge on any atom is -0.330 e. The first-order chi connectivity index (χ1) is 10.4. The molecule has 1 aliphatic rings. The van der Waals surface area contributed by atoms with Gasteiger partial charge < -0.3 is 5.73 Å². The van der Waals surface area contributed by atoms with Crippen molar-refractivity contribution in [2.75, 3.05) is 13.1 Å². The molecule has 23 heavy (non-hydrogen) atoms. The van der Waals surface area contributed by atoms with E-state index in [1.54, 1.807) is 6.92 Å². The van der Waals surface area contributed by atoms with Gasteiger partial charge in [0.1, 0.15) is 0 Å². The highest BCUT2D eigenvalue weighted by atomic mass is 35.5. The summed E-state index contributed by atoms with van der Waals surface area (Å²) in [5.41, 5.74) is 5.88. The molecule has 1 unspecified atom stereocenters. The van der Waals surface area contributed by atoms with Gasteiger partial charge in [0, 0.05) is 24.7 Å². The van der Waals surface area contributed by atoms with E-state index in [1.807, 2.05) is 0 Å². The smallest absolute Gasteiger partial charge is 0.269 e. The third kappa shape index (κ3) is 4.20. The molecular formula is C14H22ClN3O4S. The van der Waals surface area contributed by atoms with Gasteiger partial charge in [-0.3, -0.25) is 10.1 Å². The van der Waals surface area contributed by atoms with E-state index in [9.17, 15) is 18.5 Å². The van der Waals surface area contributed by atoms with Crippen LogP contribution in [0, 0.1) is 17.0 Å². The van der Waals surface area contributed by atoms with E-state index in [0.29, 0.717) is 25.1 Å². The van der Waals surface area contributed by atoms with Gasteiger partial charge in [-0.25, -0.2) is 8.42 Å². The van der Waals surface area contributed by atoms with Gasteiger partial charge in [-0.2, -0.15) is 4.31 Å².